The molecule has 0 radical (unpaired) electrons. The molecule has 2 nitrogen and oxygen atoms in total. The van der Waals surface area contributed by atoms with Crippen molar-refractivity contribution < 1.29 is 9.47 Å². The number of terminal acetylenes is 1. The summed E-state index contributed by atoms with van der Waals surface area (Å²) in [5.41, 5.74) is 0. The Labute approximate surface area is 127 Å². The second-order valence-corrected chi connectivity index (χ2v) is 6.69. The van der Waals surface area contributed by atoms with Gasteiger partial charge in [-0.15, -0.1) is 18.0 Å². The quantitative estimate of drug-likeness (QED) is 0.576. The Kier molecular flexibility index (Phi) is 3.68. The fourth-order valence-corrected chi connectivity index (χ4v) is 4.25. The Hall–Kier alpha value is -0.430. The van der Waals surface area contributed by atoms with E-state index in [0.29, 0.717) is 0 Å². The fourth-order valence-electron chi connectivity index (χ4n) is 3.50. The van der Waals surface area contributed by atoms with Crippen molar-refractivity contribution in [3.05, 3.63) is 22.4 Å². The number of halogens is 2. The highest BCUT2D eigenvalue weighted by molar-refractivity contribution is 9.11. The molecule has 0 aromatic rings. The van der Waals surface area contributed by atoms with E-state index in [1.54, 1.807) is 6.08 Å². The van der Waals surface area contributed by atoms with Gasteiger partial charge >= 0.3 is 0 Å². The van der Waals surface area contributed by atoms with Crippen LogP contribution < -0.4 is 0 Å². The van der Waals surface area contributed by atoms with E-state index in [9.17, 15) is 0 Å². The number of alkyl halides is 1. The highest BCUT2D eigenvalue weighted by atomic mass is 79.9. The SMILES string of the molecule is C#C/C=C\[C@@H](Cl)[C@@H]1[C@@H]2/C(=C(/Br)CC)O[C@@H]3C[C@H]1O[C@H]23. The topological polar surface area (TPSA) is 18.5 Å². The molecule has 0 saturated carbocycles. The molecule has 0 amide bonds. The van der Waals surface area contributed by atoms with Gasteiger partial charge in [0.1, 0.15) is 18.0 Å². The summed E-state index contributed by atoms with van der Waals surface area (Å²) in [4.78, 5) is 0. The Morgan fingerprint density at radius 2 is 2.42 bits per heavy atom. The first-order chi connectivity index (χ1) is 9.17. The molecule has 102 valence electrons. The summed E-state index contributed by atoms with van der Waals surface area (Å²) in [6, 6.07) is 0. The molecular weight excluding hydrogens is 328 g/mol. The Bertz CT molecular complexity index is 477. The maximum absolute atomic E-state index is 6.51. The van der Waals surface area contributed by atoms with Crippen molar-refractivity contribution in [1.29, 1.82) is 0 Å². The van der Waals surface area contributed by atoms with Gasteiger partial charge in [-0.05, 0) is 12.5 Å². The summed E-state index contributed by atoms with van der Waals surface area (Å²) < 4.78 is 13.2. The summed E-state index contributed by atoms with van der Waals surface area (Å²) in [7, 11) is 0. The lowest BCUT2D eigenvalue weighted by molar-refractivity contribution is 0.0690. The lowest BCUT2D eigenvalue weighted by Crippen LogP contribution is -2.34. The van der Waals surface area contributed by atoms with Crippen molar-refractivity contribution in [1.82, 2.24) is 0 Å². The second kappa shape index (κ2) is 5.16. The molecule has 3 aliphatic rings. The van der Waals surface area contributed by atoms with Crippen LogP contribution in [0.2, 0.25) is 0 Å². The molecule has 6 atom stereocenters. The number of ether oxygens (including phenoxy) is 2. The van der Waals surface area contributed by atoms with Crippen LogP contribution >= 0.6 is 27.5 Å². The first-order valence-electron chi connectivity index (χ1n) is 6.64. The van der Waals surface area contributed by atoms with E-state index in [1.165, 1.54) is 0 Å². The zero-order valence-corrected chi connectivity index (χ0v) is 13.0. The van der Waals surface area contributed by atoms with Crippen LogP contribution in [0.4, 0.5) is 0 Å². The van der Waals surface area contributed by atoms with Gasteiger partial charge < -0.3 is 9.47 Å². The van der Waals surface area contributed by atoms with Gasteiger partial charge in [-0.25, -0.2) is 0 Å². The van der Waals surface area contributed by atoms with E-state index < -0.39 is 0 Å². The van der Waals surface area contributed by atoms with E-state index in [2.05, 4.69) is 28.8 Å². The van der Waals surface area contributed by atoms with Crippen molar-refractivity contribution in [2.24, 2.45) is 11.8 Å². The van der Waals surface area contributed by atoms with E-state index >= 15 is 0 Å². The van der Waals surface area contributed by atoms with Gasteiger partial charge in [-0.3, -0.25) is 0 Å². The normalized spacial score (nSPS) is 43.4. The summed E-state index contributed by atoms with van der Waals surface area (Å²) >= 11 is 10.1. The predicted octanol–water partition coefficient (Wildman–Crippen LogP) is 3.60. The predicted molar refractivity (Wildman–Crippen MR) is 79.0 cm³/mol. The Morgan fingerprint density at radius 1 is 1.63 bits per heavy atom. The third-order valence-electron chi connectivity index (χ3n) is 4.26. The molecule has 3 heterocycles. The molecule has 3 aliphatic heterocycles. The van der Waals surface area contributed by atoms with E-state index in [-0.39, 0.29) is 35.5 Å². The molecule has 0 aromatic heterocycles. The molecule has 0 N–H and O–H groups in total. The molecule has 19 heavy (non-hydrogen) atoms. The van der Waals surface area contributed by atoms with Crippen LogP contribution in [-0.2, 0) is 9.47 Å². The van der Waals surface area contributed by atoms with Crippen LogP contribution in [0.25, 0.3) is 0 Å². The van der Waals surface area contributed by atoms with Gasteiger partial charge in [-0.2, -0.15) is 0 Å². The van der Waals surface area contributed by atoms with Gasteiger partial charge in [0.05, 0.1) is 17.4 Å². The molecule has 3 rings (SSSR count). The van der Waals surface area contributed by atoms with Crippen LogP contribution in [0, 0.1) is 24.2 Å². The molecule has 3 fully saturated rings. The zero-order valence-electron chi connectivity index (χ0n) is 10.7. The third-order valence-corrected chi connectivity index (χ3v) is 5.65. The number of hydrogen-bond donors (Lipinski definition) is 0. The summed E-state index contributed by atoms with van der Waals surface area (Å²) in [5.74, 6) is 4.06. The number of rotatable bonds is 3. The molecule has 4 heteroatoms. The van der Waals surface area contributed by atoms with Crippen molar-refractivity contribution in [2.75, 3.05) is 0 Å². The van der Waals surface area contributed by atoms with Crippen molar-refractivity contribution in [3.8, 4) is 12.3 Å². The Balaban J connectivity index is 1.91. The fraction of sp³-hybridized carbons (Fsp3) is 0.600. The van der Waals surface area contributed by atoms with Gasteiger partial charge in [0.25, 0.3) is 0 Å². The lowest BCUT2D eigenvalue weighted by Gasteiger charge is -2.25. The average Bonchev–Trinajstić information content (AvgIpc) is 3.02. The van der Waals surface area contributed by atoms with E-state index in [1.807, 2.05) is 6.08 Å². The van der Waals surface area contributed by atoms with Gasteiger partial charge in [0.2, 0.25) is 0 Å². The van der Waals surface area contributed by atoms with E-state index in [0.717, 1.165) is 23.1 Å². The molecule has 2 bridgehead atoms. The highest BCUT2D eigenvalue weighted by Gasteiger charge is 2.63. The maximum Gasteiger partial charge on any atom is 0.128 e. The number of hydrogen-bond acceptors (Lipinski definition) is 2. The minimum Gasteiger partial charge on any atom is -0.491 e. The average molecular weight is 344 g/mol. The monoisotopic (exact) mass is 342 g/mol. The first kappa shape index (κ1) is 13.5. The smallest absolute Gasteiger partial charge is 0.128 e. The van der Waals surface area contributed by atoms with Gasteiger partial charge in [0, 0.05) is 16.8 Å². The first-order valence-corrected chi connectivity index (χ1v) is 7.87. The van der Waals surface area contributed by atoms with Crippen LogP contribution in [0.3, 0.4) is 0 Å². The molecule has 0 aliphatic carbocycles. The van der Waals surface area contributed by atoms with Crippen LogP contribution in [0.15, 0.2) is 22.4 Å². The lowest BCUT2D eigenvalue weighted by atomic mass is 9.77. The molecule has 0 aromatic carbocycles. The summed E-state index contributed by atoms with van der Waals surface area (Å²) in [6.07, 6.45) is 11.3. The number of allylic oxidation sites excluding steroid dienone is 3. The van der Waals surface area contributed by atoms with Crippen LogP contribution in [0.5, 0.6) is 0 Å². The second-order valence-electron chi connectivity index (χ2n) is 5.23. The third kappa shape index (κ3) is 2.05. The van der Waals surface area contributed by atoms with Crippen molar-refractivity contribution in [3.63, 3.8) is 0 Å². The molecular formula is C15H16BrClO2. The molecule has 0 unspecified atom stereocenters. The minimum absolute atomic E-state index is 0.106. The van der Waals surface area contributed by atoms with Gasteiger partial charge in [-0.1, -0.05) is 34.9 Å². The standard InChI is InChI=1S/C15H16BrClO2/c1-3-5-6-9(17)12-10-7-11-15(18-10)13(12)14(19-11)8(16)4-2/h1,5-6,9-13,15H,4,7H2,2H3/b6-5-,14-8-/t9-,10-,11-,12+,13-,15+/m1/s1. The maximum atomic E-state index is 6.51. The largest absolute Gasteiger partial charge is 0.491 e. The minimum atomic E-state index is -0.106. The van der Waals surface area contributed by atoms with Crippen LogP contribution in [-0.4, -0.2) is 23.7 Å². The van der Waals surface area contributed by atoms with Crippen LogP contribution in [0.1, 0.15) is 19.8 Å². The van der Waals surface area contributed by atoms with Gasteiger partial charge in [0.15, 0.2) is 0 Å². The highest BCUT2D eigenvalue weighted by Crippen LogP contribution is 2.56. The summed E-state index contributed by atoms with van der Waals surface area (Å²) in [5, 5.41) is -0.106. The van der Waals surface area contributed by atoms with Crippen molar-refractivity contribution >= 4 is 27.5 Å². The van der Waals surface area contributed by atoms with E-state index in [4.69, 9.17) is 27.5 Å². The number of fused-ring (bicyclic) bond motifs is 1. The summed E-state index contributed by atoms with van der Waals surface area (Å²) in [6.45, 7) is 2.11. The zero-order chi connectivity index (χ0) is 13.6. The molecule has 0 spiro atoms. The Morgan fingerprint density at radius 3 is 3.11 bits per heavy atom. The van der Waals surface area contributed by atoms with Crippen molar-refractivity contribution in [2.45, 2.75) is 43.5 Å². The molecule has 3 saturated heterocycles.